The summed E-state index contributed by atoms with van der Waals surface area (Å²) in [5, 5.41) is 9.23. The maximum atomic E-state index is 9.23. The van der Waals surface area contributed by atoms with Crippen molar-refractivity contribution in [3.63, 3.8) is 0 Å². The molecule has 1 unspecified atom stereocenters. The molecule has 1 atom stereocenters. The summed E-state index contributed by atoms with van der Waals surface area (Å²) in [6, 6.07) is 8.10. The molecule has 1 aromatic rings. The van der Waals surface area contributed by atoms with Crippen LogP contribution in [0.4, 0.5) is 0 Å². The average molecular weight is 195 g/mol. The molecule has 0 saturated heterocycles. The SMILES string of the molecule is CONCc1cccc(CC(C)O)c1. The molecule has 3 heteroatoms. The van der Waals surface area contributed by atoms with Gasteiger partial charge in [-0.15, -0.1) is 0 Å². The molecule has 1 rings (SSSR count). The van der Waals surface area contributed by atoms with Crippen molar-refractivity contribution in [2.24, 2.45) is 0 Å². The third-order valence-corrected chi connectivity index (χ3v) is 1.94. The second kappa shape index (κ2) is 5.75. The highest BCUT2D eigenvalue weighted by atomic mass is 16.6. The van der Waals surface area contributed by atoms with Gasteiger partial charge in [0.25, 0.3) is 0 Å². The van der Waals surface area contributed by atoms with Crippen LogP contribution in [0.3, 0.4) is 0 Å². The molecular formula is C11H17NO2. The fraction of sp³-hybridized carbons (Fsp3) is 0.455. The predicted octanol–water partition coefficient (Wildman–Crippen LogP) is 1.26. The van der Waals surface area contributed by atoms with E-state index in [0.29, 0.717) is 13.0 Å². The Morgan fingerprint density at radius 1 is 1.43 bits per heavy atom. The quantitative estimate of drug-likeness (QED) is 0.695. The van der Waals surface area contributed by atoms with E-state index in [9.17, 15) is 5.11 Å². The van der Waals surface area contributed by atoms with Crippen LogP contribution in [0.1, 0.15) is 18.1 Å². The second-order valence-corrected chi connectivity index (χ2v) is 3.40. The molecule has 14 heavy (non-hydrogen) atoms. The summed E-state index contributed by atoms with van der Waals surface area (Å²) in [6.07, 6.45) is 0.404. The highest BCUT2D eigenvalue weighted by Crippen LogP contribution is 2.07. The molecular weight excluding hydrogens is 178 g/mol. The van der Waals surface area contributed by atoms with Crippen molar-refractivity contribution in [2.75, 3.05) is 7.11 Å². The summed E-state index contributed by atoms with van der Waals surface area (Å²) >= 11 is 0. The van der Waals surface area contributed by atoms with E-state index in [4.69, 9.17) is 4.84 Å². The molecule has 0 amide bonds. The molecule has 78 valence electrons. The van der Waals surface area contributed by atoms with Crippen molar-refractivity contribution in [2.45, 2.75) is 26.0 Å². The molecule has 0 fully saturated rings. The van der Waals surface area contributed by atoms with Gasteiger partial charge in [0.15, 0.2) is 0 Å². The lowest BCUT2D eigenvalue weighted by Crippen LogP contribution is -2.11. The highest BCUT2D eigenvalue weighted by molar-refractivity contribution is 5.23. The summed E-state index contributed by atoms with van der Waals surface area (Å²) in [5.74, 6) is 0. The summed E-state index contributed by atoms with van der Waals surface area (Å²) in [6.45, 7) is 2.48. The van der Waals surface area contributed by atoms with E-state index in [1.165, 1.54) is 0 Å². The van der Waals surface area contributed by atoms with Gasteiger partial charge in [0, 0.05) is 6.54 Å². The Morgan fingerprint density at radius 2 is 2.14 bits per heavy atom. The van der Waals surface area contributed by atoms with Gasteiger partial charge in [-0.3, -0.25) is 0 Å². The van der Waals surface area contributed by atoms with Crippen molar-refractivity contribution in [3.8, 4) is 0 Å². The lowest BCUT2D eigenvalue weighted by atomic mass is 10.1. The number of hydrogen-bond donors (Lipinski definition) is 2. The molecule has 0 aliphatic carbocycles. The van der Waals surface area contributed by atoms with Crippen LogP contribution < -0.4 is 5.48 Å². The molecule has 2 N–H and O–H groups in total. The van der Waals surface area contributed by atoms with Crippen LogP contribution in [-0.2, 0) is 17.8 Å². The Bertz CT molecular complexity index is 274. The Morgan fingerprint density at radius 3 is 2.79 bits per heavy atom. The zero-order valence-corrected chi connectivity index (χ0v) is 8.66. The maximum absolute atomic E-state index is 9.23. The zero-order chi connectivity index (χ0) is 10.4. The summed E-state index contributed by atoms with van der Waals surface area (Å²) < 4.78 is 0. The summed E-state index contributed by atoms with van der Waals surface area (Å²) in [7, 11) is 1.60. The van der Waals surface area contributed by atoms with Gasteiger partial charge in [0.2, 0.25) is 0 Å². The van der Waals surface area contributed by atoms with Crippen LogP contribution in [0.25, 0.3) is 0 Å². The van der Waals surface area contributed by atoms with E-state index in [0.717, 1.165) is 11.1 Å². The largest absolute Gasteiger partial charge is 0.393 e. The first kappa shape index (κ1) is 11.2. The normalized spacial score (nSPS) is 12.8. The van der Waals surface area contributed by atoms with E-state index < -0.39 is 0 Å². The van der Waals surface area contributed by atoms with Crippen molar-refractivity contribution in [1.82, 2.24) is 5.48 Å². The first-order valence-corrected chi connectivity index (χ1v) is 4.74. The molecule has 0 spiro atoms. The zero-order valence-electron chi connectivity index (χ0n) is 8.66. The Kier molecular flexibility index (Phi) is 4.59. The van der Waals surface area contributed by atoms with E-state index in [1.54, 1.807) is 14.0 Å². The fourth-order valence-corrected chi connectivity index (χ4v) is 1.36. The Balaban J connectivity index is 2.59. The number of nitrogens with one attached hydrogen (secondary N) is 1. The van der Waals surface area contributed by atoms with E-state index in [1.807, 2.05) is 18.2 Å². The average Bonchev–Trinajstić information content (AvgIpc) is 2.14. The lowest BCUT2D eigenvalue weighted by molar-refractivity contribution is 0.0867. The Hall–Kier alpha value is -0.900. The molecule has 3 nitrogen and oxygen atoms in total. The number of rotatable bonds is 5. The monoisotopic (exact) mass is 195 g/mol. The van der Waals surface area contributed by atoms with Crippen molar-refractivity contribution in [1.29, 1.82) is 0 Å². The number of hydrogen-bond acceptors (Lipinski definition) is 3. The van der Waals surface area contributed by atoms with Crippen LogP contribution >= 0.6 is 0 Å². The summed E-state index contributed by atoms with van der Waals surface area (Å²) in [5.41, 5.74) is 5.09. The second-order valence-electron chi connectivity index (χ2n) is 3.40. The number of aliphatic hydroxyl groups is 1. The Labute approximate surface area is 84.7 Å². The summed E-state index contributed by atoms with van der Waals surface area (Å²) in [4.78, 5) is 4.77. The van der Waals surface area contributed by atoms with Gasteiger partial charge in [-0.1, -0.05) is 24.3 Å². The van der Waals surface area contributed by atoms with Gasteiger partial charge in [0.05, 0.1) is 13.2 Å². The highest BCUT2D eigenvalue weighted by Gasteiger charge is 1.99. The third-order valence-electron chi connectivity index (χ3n) is 1.94. The molecule has 0 aliphatic heterocycles. The van der Waals surface area contributed by atoms with Gasteiger partial charge in [-0.2, -0.15) is 5.48 Å². The molecule has 0 radical (unpaired) electrons. The molecule has 0 heterocycles. The van der Waals surface area contributed by atoms with Crippen molar-refractivity contribution >= 4 is 0 Å². The fourth-order valence-electron chi connectivity index (χ4n) is 1.36. The minimum atomic E-state index is -0.291. The van der Waals surface area contributed by atoms with Crippen LogP contribution in [0, 0.1) is 0 Å². The standard InChI is InChI=1S/C11H17NO2/c1-9(13)6-10-4-3-5-11(7-10)8-12-14-2/h3-5,7,9,12-13H,6,8H2,1-2H3. The number of benzene rings is 1. The minimum absolute atomic E-state index is 0.291. The van der Waals surface area contributed by atoms with Crippen LogP contribution in [-0.4, -0.2) is 18.3 Å². The lowest BCUT2D eigenvalue weighted by Gasteiger charge is -2.07. The van der Waals surface area contributed by atoms with Crippen LogP contribution in [0.15, 0.2) is 24.3 Å². The molecule has 0 aromatic heterocycles. The number of hydroxylamine groups is 1. The first-order chi connectivity index (χ1) is 6.72. The topological polar surface area (TPSA) is 41.5 Å². The molecule has 0 aliphatic rings. The van der Waals surface area contributed by atoms with Gasteiger partial charge < -0.3 is 9.94 Å². The van der Waals surface area contributed by atoms with E-state index in [-0.39, 0.29) is 6.10 Å². The van der Waals surface area contributed by atoms with Gasteiger partial charge in [0.1, 0.15) is 0 Å². The van der Waals surface area contributed by atoms with Gasteiger partial charge >= 0.3 is 0 Å². The van der Waals surface area contributed by atoms with Crippen LogP contribution in [0.2, 0.25) is 0 Å². The van der Waals surface area contributed by atoms with E-state index in [2.05, 4.69) is 11.5 Å². The maximum Gasteiger partial charge on any atom is 0.0572 e. The van der Waals surface area contributed by atoms with Gasteiger partial charge in [-0.25, -0.2) is 0 Å². The van der Waals surface area contributed by atoms with Crippen molar-refractivity contribution < 1.29 is 9.94 Å². The van der Waals surface area contributed by atoms with Crippen molar-refractivity contribution in [3.05, 3.63) is 35.4 Å². The molecule has 0 bridgehead atoms. The molecule has 0 saturated carbocycles. The minimum Gasteiger partial charge on any atom is -0.393 e. The smallest absolute Gasteiger partial charge is 0.0572 e. The van der Waals surface area contributed by atoms with E-state index >= 15 is 0 Å². The molecule has 1 aromatic carbocycles. The predicted molar refractivity (Wildman–Crippen MR) is 55.7 cm³/mol. The van der Waals surface area contributed by atoms with Gasteiger partial charge in [-0.05, 0) is 24.5 Å². The first-order valence-electron chi connectivity index (χ1n) is 4.74. The number of aliphatic hydroxyl groups excluding tert-OH is 1. The van der Waals surface area contributed by atoms with Crippen LogP contribution in [0.5, 0.6) is 0 Å². The third kappa shape index (κ3) is 3.87.